The molecule has 2 N–H and O–H groups in total. The lowest BCUT2D eigenvalue weighted by molar-refractivity contribution is -0.124. The molecule has 0 atom stereocenters. The Bertz CT molecular complexity index is 714. The summed E-state index contributed by atoms with van der Waals surface area (Å²) in [7, 11) is 0. The van der Waals surface area contributed by atoms with Crippen LogP contribution in [0.5, 0.6) is 0 Å². The highest BCUT2D eigenvalue weighted by Crippen LogP contribution is 2.17. The summed E-state index contributed by atoms with van der Waals surface area (Å²) >= 11 is 0. The molecule has 0 spiro atoms. The lowest BCUT2D eigenvalue weighted by Gasteiger charge is -2.09. The minimum absolute atomic E-state index is 0.0510. The second-order valence-electron chi connectivity index (χ2n) is 5.54. The van der Waals surface area contributed by atoms with E-state index in [1.54, 1.807) is 0 Å². The Morgan fingerprint density at radius 2 is 1.95 bits per heavy atom. The van der Waals surface area contributed by atoms with Gasteiger partial charge in [0.15, 0.2) is 0 Å². The number of amides is 1. The first-order valence-corrected chi connectivity index (χ1v) is 6.79. The van der Waals surface area contributed by atoms with Crippen molar-refractivity contribution in [2.45, 2.75) is 34.2 Å². The maximum atomic E-state index is 12.0. The largest absolute Gasteiger partial charge is 0.352 e. The topological polar surface area (TPSA) is 62.0 Å². The summed E-state index contributed by atoms with van der Waals surface area (Å²) in [5.74, 6) is -0.135. The molecule has 0 aliphatic heterocycles. The average molecular weight is 272 g/mol. The molecule has 1 amide bonds. The van der Waals surface area contributed by atoms with Gasteiger partial charge in [-0.25, -0.2) is 0 Å². The number of carbonyl (C=O) groups excluding carboxylic acids is 1. The second-order valence-corrected chi connectivity index (χ2v) is 5.54. The second kappa shape index (κ2) is 5.49. The zero-order valence-electron chi connectivity index (χ0n) is 12.3. The number of pyridine rings is 1. The Balaban J connectivity index is 2.38. The van der Waals surface area contributed by atoms with Crippen molar-refractivity contribution in [3.63, 3.8) is 0 Å². The fourth-order valence-electron chi connectivity index (χ4n) is 2.25. The first kappa shape index (κ1) is 14.3. The molecule has 4 heteroatoms. The van der Waals surface area contributed by atoms with Crippen molar-refractivity contribution in [2.24, 2.45) is 5.92 Å². The average Bonchev–Trinajstić information content (AvgIpc) is 2.36. The van der Waals surface area contributed by atoms with E-state index in [1.165, 1.54) is 0 Å². The molecule has 0 aliphatic rings. The van der Waals surface area contributed by atoms with Crippen LogP contribution in [0.1, 0.15) is 30.5 Å². The van der Waals surface area contributed by atoms with E-state index in [-0.39, 0.29) is 23.9 Å². The monoisotopic (exact) mass is 272 g/mol. The van der Waals surface area contributed by atoms with Crippen LogP contribution in [0.4, 0.5) is 0 Å². The fraction of sp³-hybridized carbons (Fsp3) is 0.375. The van der Waals surface area contributed by atoms with Gasteiger partial charge in [-0.15, -0.1) is 0 Å². The normalized spacial score (nSPS) is 11.1. The van der Waals surface area contributed by atoms with Gasteiger partial charge in [-0.05, 0) is 36.9 Å². The number of aromatic nitrogens is 1. The molecule has 1 heterocycles. The molecule has 0 bridgehead atoms. The first-order valence-electron chi connectivity index (χ1n) is 6.79. The number of benzene rings is 1. The van der Waals surface area contributed by atoms with E-state index in [0.29, 0.717) is 5.56 Å². The Morgan fingerprint density at radius 1 is 1.25 bits per heavy atom. The van der Waals surface area contributed by atoms with E-state index in [2.05, 4.69) is 10.3 Å². The van der Waals surface area contributed by atoms with Gasteiger partial charge in [0, 0.05) is 18.0 Å². The van der Waals surface area contributed by atoms with Crippen molar-refractivity contribution in [3.05, 3.63) is 45.2 Å². The van der Waals surface area contributed by atoms with Crippen molar-refractivity contribution in [3.8, 4) is 0 Å². The van der Waals surface area contributed by atoms with Gasteiger partial charge >= 0.3 is 0 Å². The van der Waals surface area contributed by atoms with Gasteiger partial charge in [0.2, 0.25) is 5.91 Å². The summed E-state index contributed by atoms with van der Waals surface area (Å²) in [4.78, 5) is 26.5. The summed E-state index contributed by atoms with van der Waals surface area (Å²) < 4.78 is 0. The van der Waals surface area contributed by atoms with Gasteiger partial charge in [-0.2, -0.15) is 0 Å². The summed E-state index contributed by atoms with van der Waals surface area (Å²) in [6.07, 6.45) is 0. The SMILES string of the molecule is Cc1cc(C)c2[nH]c(=O)c(CNC(=O)C(C)C)cc2c1. The van der Waals surface area contributed by atoms with Crippen LogP contribution in [-0.4, -0.2) is 10.9 Å². The van der Waals surface area contributed by atoms with E-state index >= 15 is 0 Å². The molecule has 106 valence electrons. The van der Waals surface area contributed by atoms with Crippen molar-refractivity contribution < 1.29 is 4.79 Å². The number of aromatic amines is 1. The van der Waals surface area contributed by atoms with Gasteiger partial charge in [0.25, 0.3) is 5.56 Å². The third-order valence-electron chi connectivity index (χ3n) is 3.35. The molecular weight excluding hydrogens is 252 g/mol. The number of fused-ring (bicyclic) bond motifs is 1. The zero-order chi connectivity index (χ0) is 14.9. The van der Waals surface area contributed by atoms with Gasteiger partial charge in [0.05, 0.1) is 5.52 Å². The lowest BCUT2D eigenvalue weighted by atomic mass is 10.1. The number of H-pyrrole nitrogens is 1. The third kappa shape index (κ3) is 2.90. The molecule has 1 aromatic carbocycles. The maximum absolute atomic E-state index is 12.0. The summed E-state index contributed by atoms with van der Waals surface area (Å²) in [6, 6.07) is 5.93. The van der Waals surface area contributed by atoms with Crippen molar-refractivity contribution in [2.75, 3.05) is 0 Å². The van der Waals surface area contributed by atoms with Crippen LogP contribution in [0.2, 0.25) is 0 Å². The quantitative estimate of drug-likeness (QED) is 0.901. The number of hydrogen-bond donors (Lipinski definition) is 2. The number of hydrogen-bond acceptors (Lipinski definition) is 2. The first-order chi connectivity index (χ1) is 9.38. The molecule has 20 heavy (non-hydrogen) atoms. The number of aryl methyl sites for hydroxylation is 2. The van der Waals surface area contributed by atoms with Crippen LogP contribution < -0.4 is 10.9 Å². The molecule has 4 nitrogen and oxygen atoms in total. The third-order valence-corrected chi connectivity index (χ3v) is 3.35. The van der Waals surface area contributed by atoms with E-state index < -0.39 is 0 Å². The standard InChI is InChI=1S/C16H20N2O2/c1-9(2)15(19)17-8-13-7-12-6-10(3)5-11(4)14(12)18-16(13)20/h5-7,9H,8H2,1-4H3,(H,17,19)(H,18,20). The Kier molecular flexibility index (Phi) is 3.93. The minimum Gasteiger partial charge on any atom is -0.352 e. The molecule has 1 aromatic heterocycles. The predicted molar refractivity (Wildman–Crippen MR) is 80.7 cm³/mol. The van der Waals surface area contributed by atoms with Crippen LogP contribution in [0.25, 0.3) is 10.9 Å². The van der Waals surface area contributed by atoms with Crippen molar-refractivity contribution in [1.82, 2.24) is 10.3 Å². The van der Waals surface area contributed by atoms with E-state index in [1.807, 2.05) is 45.9 Å². The summed E-state index contributed by atoms with van der Waals surface area (Å²) in [6.45, 7) is 7.91. The molecule has 2 aromatic rings. The molecule has 2 rings (SSSR count). The predicted octanol–water partition coefficient (Wildman–Crippen LogP) is 2.42. The van der Waals surface area contributed by atoms with Crippen molar-refractivity contribution >= 4 is 16.8 Å². The van der Waals surface area contributed by atoms with Crippen LogP contribution >= 0.6 is 0 Å². The van der Waals surface area contributed by atoms with Crippen LogP contribution in [-0.2, 0) is 11.3 Å². The molecule has 0 unspecified atom stereocenters. The van der Waals surface area contributed by atoms with Crippen LogP contribution in [0.3, 0.4) is 0 Å². The Hall–Kier alpha value is -2.10. The molecule has 0 radical (unpaired) electrons. The van der Waals surface area contributed by atoms with E-state index in [9.17, 15) is 9.59 Å². The number of nitrogens with one attached hydrogen (secondary N) is 2. The highest BCUT2D eigenvalue weighted by molar-refractivity contribution is 5.83. The molecule has 0 aliphatic carbocycles. The lowest BCUT2D eigenvalue weighted by Crippen LogP contribution is -2.29. The fourth-order valence-corrected chi connectivity index (χ4v) is 2.25. The van der Waals surface area contributed by atoms with Gasteiger partial charge < -0.3 is 10.3 Å². The van der Waals surface area contributed by atoms with Crippen LogP contribution in [0, 0.1) is 19.8 Å². The molecule has 0 saturated carbocycles. The van der Waals surface area contributed by atoms with Gasteiger partial charge in [-0.3, -0.25) is 9.59 Å². The minimum atomic E-state index is -0.145. The molecular formula is C16H20N2O2. The Morgan fingerprint density at radius 3 is 2.60 bits per heavy atom. The highest BCUT2D eigenvalue weighted by atomic mass is 16.2. The van der Waals surface area contributed by atoms with Gasteiger partial charge in [-0.1, -0.05) is 25.5 Å². The summed E-state index contributed by atoms with van der Waals surface area (Å²) in [5.41, 5.74) is 3.50. The van der Waals surface area contributed by atoms with Crippen molar-refractivity contribution in [1.29, 1.82) is 0 Å². The summed E-state index contributed by atoms with van der Waals surface area (Å²) in [5, 5.41) is 3.77. The van der Waals surface area contributed by atoms with Crippen LogP contribution in [0.15, 0.2) is 23.0 Å². The Labute approximate surface area is 118 Å². The number of rotatable bonds is 3. The highest BCUT2D eigenvalue weighted by Gasteiger charge is 2.09. The van der Waals surface area contributed by atoms with E-state index in [4.69, 9.17) is 0 Å². The molecule has 0 fully saturated rings. The van der Waals surface area contributed by atoms with E-state index in [0.717, 1.165) is 22.0 Å². The zero-order valence-corrected chi connectivity index (χ0v) is 12.3. The molecule has 0 saturated heterocycles. The van der Waals surface area contributed by atoms with Gasteiger partial charge in [0.1, 0.15) is 0 Å². The smallest absolute Gasteiger partial charge is 0.253 e. The number of carbonyl (C=O) groups is 1. The maximum Gasteiger partial charge on any atom is 0.253 e.